The van der Waals surface area contributed by atoms with E-state index < -0.39 is 0 Å². The molecule has 0 amide bonds. The Morgan fingerprint density at radius 1 is 0.818 bits per heavy atom. The molecule has 0 N–H and O–H groups in total. The summed E-state index contributed by atoms with van der Waals surface area (Å²) in [4.78, 5) is 7.14. The number of benzene rings is 3. The second kappa shape index (κ2) is 9.02. The minimum atomic E-state index is 0.623. The number of methoxy groups -OCH3 is 3. The zero-order valence-electron chi connectivity index (χ0n) is 19.3. The molecule has 5 rings (SSSR count). The Morgan fingerprint density at radius 2 is 1.58 bits per heavy atom. The monoisotopic (exact) mass is 440 g/mol. The van der Waals surface area contributed by atoms with Crippen molar-refractivity contribution in [3.63, 3.8) is 0 Å². The lowest BCUT2D eigenvalue weighted by Gasteiger charge is -2.29. The minimum absolute atomic E-state index is 0.623. The normalized spacial score (nSPS) is 14.2. The lowest BCUT2D eigenvalue weighted by Crippen LogP contribution is -2.30. The average molecular weight is 441 g/mol. The Balaban J connectivity index is 1.41. The molecule has 0 radical (unpaired) electrons. The highest BCUT2D eigenvalue weighted by Gasteiger charge is 2.28. The number of hydrogen-bond acceptors (Lipinski definition) is 5. The van der Waals surface area contributed by atoms with Gasteiger partial charge in [-0.2, -0.15) is 0 Å². The van der Waals surface area contributed by atoms with Gasteiger partial charge in [0.1, 0.15) is 5.84 Å². The van der Waals surface area contributed by atoms with Crippen LogP contribution in [0.15, 0.2) is 65.7 Å². The van der Waals surface area contributed by atoms with Crippen LogP contribution in [0.3, 0.4) is 0 Å². The van der Waals surface area contributed by atoms with Crippen molar-refractivity contribution < 1.29 is 14.2 Å². The van der Waals surface area contributed by atoms with Gasteiger partial charge in [-0.05, 0) is 59.4 Å². The lowest BCUT2D eigenvalue weighted by molar-refractivity contribution is 0.324. The molecule has 0 aromatic heterocycles. The Hall–Kier alpha value is -3.73. The van der Waals surface area contributed by atoms with E-state index >= 15 is 0 Å². The molecule has 0 unspecified atom stereocenters. The fraction of sp³-hybridized carbons (Fsp3) is 0.250. The number of hydrogen-bond donors (Lipinski definition) is 0. The van der Waals surface area contributed by atoms with E-state index in [4.69, 9.17) is 19.2 Å². The molecular formula is C28H28N2O3. The molecule has 3 aromatic rings. The van der Waals surface area contributed by atoms with Crippen LogP contribution in [0.1, 0.15) is 27.8 Å². The van der Waals surface area contributed by atoms with Crippen molar-refractivity contribution >= 4 is 17.6 Å². The van der Waals surface area contributed by atoms with E-state index in [-0.39, 0.29) is 0 Å². The smallest absolute Gasteiger partial charge is 0.203 e. The standard InChI is InChI=1S/C28H28N2O3/c1-31-25-16-20(17-26(32-2)27(25)33-3)12-11-19-7-6-9-22(15-19)24-18-21-8-4-5-10-23(21)28-29-13-14-30(24)28/h4-10,15-18H,11-14H2,1-3H3. The minimum Gasteiger partial charge on any atom is -0.493 e. The molecule has 0 fully saturated rings. The van der Waals surface area contributed by atoms with Crippen molar-refractivity contribution in [1.29, 1.82) is 0 Å². The van der Waals surface area contributed by atoms with Gasteiger partial charge in [-0.15, -0.1) is 0 Å². The molecule has 0 bridgehead atoms. The maximum atomic E-state index is 5.51. The molecular weight excluding hydrogens is 412 g/mol. The first-order valence-corrected chi connectivity index (χ1v) is 11.2. The first-order chi connectivity index (χ1) is 16.2. The Bertz CT molecular complexity index is 1220. The van der Waals surface area contributed by atoms with Gasteiger partial charge in [0.05, 0.1) is 33.6 Å². The highest BCUT2D eigenvalue weighted by molar-refractivity contribution is 6.12. The van der Waals surface area contributed by atoms with Gasteiger partial charge in [0.2, 0.25) is 5.75 Å². The molecule has 0 atom stereocenters. The highest BCUT2D eigenvalue weighted by Crippen LogP contribution is 2.38. The van der Waals surface area contributed by atoms with Crippen LogP contribution in [0.2, 0.25) is 0 Å². The fourth-order valence-electron chi connectivity index (χ4n) is 4.66. The van der Waals surface area contributed by atoms with Crippen molar-refractivity contribution in [2.24, 2.45) is 4.99 Å². The van der Waals surface area contributed by atoms with Crippen molar-refractivity contribution in [3.8, 4) is 17.2 Å². The van der Waals surface area contributed by atoms with Crippen molar-refractivity contribution in [1.82, 2.24) is 4.90 Å². The van der Waals surface area contributed by atoms with Crippen molar-refractivity contribution in [2.45, 2.75) is 12.8 Å². The van der Waals surface area contributed by atoms with E-state index in [1.165, 1.54) is 28.0 Å². The molecule has 5 nitrogen and oxygen atoms in total. The van der Waals surface area contributed by atoms with Gasteiger partial charge in [-0.25, -0.2) is 0 Å². The van der Waals surface area contributed by atoms with Gasteiger partial charge in [0.15, 0.2) is 11.5 Å². The van der Waals surface area contributed by atoms with Crippen LogP contribution in [0.5, 0.6) is 17.2 Å². The number of fused-ring (bicyclic) bond motifs is 3. The zero-order chi connectivity index (χ0) is 22.8. The highest BCUT2D eigenvalue weighted by atomic mass is 16.5. The maximum absolute atomic E-state index is 5.51. The van der Waals surface area contributed by atoms with Crippen LogP contribution in [0, 0.1) is 0 Å². The summed E-state index contributed by atoms with van der Waals surface area (Å²) in [5.41, 5.74) is 7.33. The van der Waals surface area contributed by atoms with Crippen molar-refractivity contribution in [2.75, 3.05) is 34.4 Å². The molecule has 168 valence electrons. The van der Waals surface area contributed by atoms with Crippen LogP contribution in [-0.2, 0) is 12.8 Å². The molecule has 0 aliphatic carbocycles. The van der Waals surface area contributed by atoms with Gasteiger partial charge in [-0.3, -0.25) is 4.99 Å². The number of rotatable bonds is 7. The number of nitrogens with zero attached hydrogens (tertiary/aromatic N) is 2. The quantitative estimate of drug-likeness (QED) is 0.514. The molecule has 0 saturated carbocycles. The molecule has 2 heterocycles. The van der Waals surface area contributed by atoms with Gasteiger partial charge >= 0.3 is 0 Å². The number of amidine groups is 1. The molecule has 0 saturated heterocycles. The topological polar surface area (TPSA) is 43.3 Å². The summed E-state index contributed by atoms with van der Waals surface area (Å²) in [7, 11) is 4.92. The van der Waals surface area contributed by atoms with E-state index in [0.29, 0.717) is 17.2 Å². The summed E-state index contributed by atoms with van der Waals surface area (Å²) < 4.78 is 16.5. The van der Waals surface area contributed by atoms with Crippen molar-refractivity contribution in [3.05, 3.63) is 88.5 Å². The van der Waals surface area contributed by atoms with Crippen LogP contribution < -0.4 is 14.2 Å². The predicted molar refractivity (Wildman–Crippen MR) is 132 cm³/mol. The van der Waals surface area contributed by atoms with Gasteiger partial charge < -0.3 is 19.1 Å². The molecule has 5 heteroatoms. The molecule has 2 aliphatic heterocycles. The third-order valence-corrected chi connectivity index (χ3v) is 6.28. The van der Waals surface area contributed by atoms with E-state index in [1.54, 1.807) is 21.3 Å². The van der Waals surface area contributed by atoms with E-state index in [9.17, 15) is 0 Å². The third kappa shape index (κ3) is 3.95. The largest absolute Gasteiger partial charge is 0.493 e. The summed E-state index contributed by atoms with van der Waals surface area (Å²) in [6, 6.07) is 21.4. The molecule has 2 aliphatic rings. The third-order valence-electron chi connectivity index (χ3n) is 6.28. The molecule has 33 heavy (non-hydrogen) atoms. The first-order valence-electron chi connectivity index (χ1n) is 11.2. The van der Waals surface area contributed by atoms with Gasteiger partial charge in [0.25, 0.3) is 0 Å². The van der Waals surface area contributed by atoms with Gasteiger partial charge in [-0.1, -0.05) is 42.5 Å². The van der Waals surface area contributed by atoms with E-state index in [1.807, 2.05) is 12.1 Å². The average Bonchev–Trinajstić information content (AvgIpc) is 3.37. The summed E-state index contributed by atoms with van der Waals surface area (Å²) in [6.07, 6.45) is 4.08. The SMILES string of the molecule is COc1cc(CCc2cccc(C3=Cc4ccccc4C4=NCCN34)c2)cc(OC)c1OC. The predicted octanol–water partition coefficient (Wildman–Crippen LogP) is 5.07. The summed E-state index contributed by atoms with van der Waals surface area (Å²) in [6.45, 7) is 1.76. The Labute approximate surface area is 194 Å². The number of aryl methyl sites for hydroxylation is 2. The summed E-state index contributed by atoms with van der Waals surface area (Å²) in [5, 5.41) is 0. The van der Waals surface area contributed by atoms with Crippen LogP contribution in [0.4, 0.5) is 0 Å². The number of ether oxygens (including phenoxy) is 3. The second-order valence-electron chi connectivity index (χ2n) is 8.21. The van der Waals surface area contributed by atoms with Crippen LogP contribution >= 0.6 is 0 Å². The second-order valence-corrected chi connectivity index (χ2v) is 8.21. The lowest BCUT2D eigenvalue weighted by atomic mass is 9.95. The van der Waals surface area contributed by atoms with Gasteiger partial charge in [0, 0.05) is 12.1 Å². The Kier molecular flexibility index (Phi) is 5.78. The zero-order valence-corrected chi connectivity index (χ0v) is 19.3. The Morgan fingerprint density at radius 3 is 2.33 bits per heavy atom. The molecule has 0 spiro atoms. The maximum Gasteiger partial charge on any atom is 0.203 e. The summed E-state index contributed by atoms with van der Waals surface area (Å²) >= 11 is 0. The number of aliphatic imine (C=N–C) groups is 1. The summed E-state index contributed by atoms with van der Waals surface area (Å²) in [5.74, 6) is 3.09. The fourth-order valence-corrected chi connectivity index (χ4v) is 4.66. The van der Waals surface area contributed by atoms with Crippen LogP contribution in [0.25, 0.3) is 11.8 Å². The van der Waals surface area contributed by atoms with Crippen LogP contribution in [-0.4, -0.2) is 45.2 Å². The first kappa shape index (κ1) is 21.1. The van der Waals surface area contributed by atoms with E-state index in [2.05, 4.69) is 59.5 Å². The molecule has 3 aromatic carbocycles. The van der Waals surface area contributed by atoms with E-state index in [0.717, 1.165) is 37.3 Å².